The van der Waals surface area contributed by atoms with E-state index in [1.807, 2.05) is 12.5 Å². The quantitative estimate of drug-likeness (QED) is 0.423. The Labute approximate surface area is 55.7 Å². The van der Waals surface area contributed by atoms with Gasteiger partial charge in [0.25, 0.3) is 0 Å². The fourth-order valence-corrected chi connectivity index (χ4v) is 0.600. The topological polar surface area (TPSA) is 12.4 Å². The molecule has 0 bridgehead atoms. The molecule has 0 saturated carbocycles. The second kappa shape index (κ2) is 5.16. The zero-order valence-corrected chi connectivity index (χ0v) is 6.53. The Morgan fingerprint density at radius 2 is 2.38 bits per heavy atom. The smallest absolute Gasteiger partial charge is 0.0154 e. The summed E-state index contributed by atoms with van der Waals surface area (Å²) in [7, 11) is 0. The van der Waals surface area contributed by atoms with Crippen LogP contribution in [0.2, 0.25) is 0 Å². The van der Waals surface area contributed by atoms with Gasteiger partial charge in [0.2, 0.25) is 0 Å². The molecule has 0 aliphatic carbocycles. The number of hydrogen-bond acceptors (Lipinski definition) is 2. The zero-order chi connectivity index (χ0) is 6.41. The molecule has 0 amide bonds. The molecule has 0 aliphatic rings. The Balaban J connectivity index is 3.21. The van der Waals surface area contributed by atoms with Gasteiger partial charge in [0.15, 0.2) is 0 Å². The van der Waals surface area contributed by atoms with Crippen molar-refractivity contribution in [2.75, 3.05) is 6.26 Å². The maximum absolute atomic E-state index is 4.03. The molecule has 0 heterocycles. The van der Waals surface area contributed by atoms with Gasteiger partial charge in [-0.25, -0.2) is 4.40 Å². The molecule has 0 fully saturated rings. The summed E-state index contributed by atoms with van der Waals surface area (Å²) in [5.74, 6) is 0.641. The largest absolute Gasteiger partial charge is 0.229 e. The summed E-state index contributed by atoms with van der Waals surface area (Å²) in [6, 6.07) is 0. The number of nitrogens with zero attached hydrogens (tertiary/aromatic N) is 1. The van der Waals surface area contributed by atoms with Crippen molar-refractivity contribution >= 4 is 18.2 Å². The Kier molecular flexibility index (Phi) is 5.18. The molecule has 0 spiro atoms. The van der Waals surface area contributed by atoms with Crippen molar-refractivity contribution in [1.82, 2.24) is 0 Å². The zero-order valence-electron chi connectivity index (χ0n) is 5.72. The van der Waals surface area contributed by atoms with Crippen LogP contribution in [-0.4, -0.2) is 12.5 Å². The van der Waals surface area contributed by atoms with E-state index in [-0.39, 0.29) is 0 Å². The summed E-state index contributed by atoms with van der Waals surface area (Å²) in [6.07, 6.45) is 5.15. The lowest BCUT2D eigenvalue weighted by molar-refractivity contribution is 0.756. The lowest BCUT2D eigenvalue weighted by Gasteiger charge is -1.95. The first-order valence-electron chi connectivity index (χ1n) is 2.88. The number of hydrogen-bond donors (Lipinski definition) is 0. The van der Waals surface area contributed by atoms with Crippen LogP contribution in [0, 0.1) is 5.92 Å². The van der Waals surface area contributed by atoms with Gasteiger partial charge < -0.3 is 0 Å². The second-order valence-electron chi connectivity index (χ2n) is 1.82. The highest BCUT2D eigenvalue weighted by atomic mass is 32.2. The third kappa shape index (κ3) is 4.19. The van der Waals surface area contributed by atoms with E-state index in [0.29, 0.717) is 5.92 Å². The molecule has 0 radical (unpaired) electrons. The fourth-order valence-electron chi connectivity index (χ4n) is 0.270. The molecule has 0 aromatic heterocycles. The van der Waals surface area contributed by atoms with Crippen LogP contribution in [0.1, 0.15) is 20.3 Å². The molecule has 1 nitrogen and oxygen atoms in total. The van der Waals surface area contributed by atoms with Crippen molar-refractivity contribution in [2.24, 2.45) is 10.3 Å². The maximum atomic E-state index is 4.03. The average Bonchev–Trinajstić information content (AvgIpc) is 1.83. The molecule has 48 valence electrons. The predicted octanol–water partition coefficient (Wildman–Crippen LogP) is 2.38. The molecule has 0 saturated heterocycles. The first-order chi connectivity index (χ1) is 3.81. The van der Waals surface area contributed by atoms with Gasteiger partial charge in [-0.05, 0) is 24.3 Å². The van der Waals surface area contributed by atoms with Crippen LogP contribution >= 0.6 is 11.9 Å². The van der Waals surface area contributed by atoms with Gasteiger partial charge in [0, 0.05) is 12.5 Å². The summed E-state index contributed by atoms with van der Waals surface area (Å²) in [4.78, 5) is 0. The molecular weight excluding hydrogens is 118 g/mol. The summed E-state index contributed by atoms with van der Waals surface area (Å²) in [5.41, 5.74) is 0. The minimum absolute atomic E-state index is 0.641. The van der Waals surface area contributed by atoms with Crippen LogP contribution in [0.3, 0.4) is 0 Å². The van der Waals surface area contributed by atoms with Crippen molar-refractivity contribution in [3.05, 3.63) is 0 Å². The number of rotatable bonds is 3. The molecule has 0 aliphatic heterocycles. The lowest BCUT2D eigenvalue weighted by Crippen LogP contribution is -1.90. The minimum atomic E-state index is 0.641. The molecular formula is C6H13NS. The molecule has 0 N–H and O–H groups in total. The normalized spacial score (nSPS) is 14.9. The van der Waals surface area contributed by atoms with Crippen molar-refractivity contribution < 1.29 is 0 Å². The molecule has 8 heavy (non-hydrogen) atoms. The summed E-state index contributed by atoms with van der Waals surface area (Å²) in [6.45, 7) is 4.33. The van der Waals surface area contributed by atoms with Crippen LogP contribution in [0.15, 0.2) is 4.40 Å². The van der Waals surface area contributed by atoms with E-state index in [2.05, 4.69) is 18.2 Å². The molecule has 0 aromatic carbocycles. The van der Waals surface area contributed by atoms with Crippen LogP contribution in [-0.2, 0) is 0 Å². The van der Waals surface area contributed by atoms with Gasteiger partial charge in [-0.2, -0.15) is 0 Å². The summed E-state index contributed by atoms with van der Waals surface area (Å²) >= 11 is 1.51. The van der Waals surface area contributed by atoms with Crippen molar-refractivity contribution in [3.8, 4) is 0 Å². The van der Waals surface area contributed by atoms with Gasteiger partial charge in [-0.15, -0.1) is 0 Å². The van der Waals surface area contributed by atoms with E-state index in [0.717, 1.165) is 0 Å². The van der Waals surface area contributed by atoms with Crippen LogP contribution in [0.5, 0.6) is 0 Å². The first kappa shape index (κ1) is 8.02. The Morgan fingerprint density at radius 1 is 1.75 bits per heavy atom. The van der Waals surface area contributed by atoms with E-state index in [4.69, 9.17) is 0 Å². The Morgan fingerprint density at radius 3 is 2.75 bits per heavy atom. The molecule has 2 heteroatoms. The van der Waals surface area contributed by atoms with Crippen molar-refractivity contribution in [3.63, 3.8) is 0 Å². The second-order valence-corrected chi connectivity index (χ2v) is 2.40. The van der Waals surface area contributed by atoms with Crippen LogP contribution in [0.25, 0.3) is 0 Å². The highest BCUT2D eigenvalue weighted by Crippen LogP contribution is 1.99. The highest BCUT2D eigenvalue weighted by Gasteiger charge is 1.88. The molecule has 1 atom stereocenters. The Hall–Kier alpha value is 0.0200. The van der Waals surface area contributed by atoms with Gasteiger partial charge in [-0.1, -0.05) is 13.8 Å². The van der Waals surface area contributed by atoms with E-state index in [1.54, 1.807) is 0 Å². The van der Waals surface area contributed by atoms with Crippen LogP contribution in [0.4, 0.5) is 0 Å². The molecule has 1 unspecified atom stereocenters. The van der Waals surface area contributed by atoms with E-state index >= 15 is 0 Å². The van der Waals surface area contributed by atoms with Crippen molar-refractivity contribution in [2.45, 2.75) is 20.3 Å². The first-order valence-corrected chi connectivity index (χ1v) is 4.06. The van der Waals surface area contributed by atoms with Crippen LogP contribution < -0.4 is 0 Å². The summed E-state index contributed by atoms with van der Waals surface area (Å²) in [5, 5.41) is 0. The molecule has 0 rings (SSSR count). The van der Waals surface area contributed by atoms with Gasteiger partial charge in [0.05, 0.1) is 0 Å². The van der Waals surface area contributed by atoms with Gasteiger partial charge in [0.1, 0.15) is 0 Å². The fraction of sp³-hybridized carbons (Fsp3) is 0.833. The van der Waals surface area contributed by atoms with Gasteiger partial charge >= 0.3 is 0 Å². The summed E-state index contributed by atoms with van der Waals surface area (Å²) < 4.78 is 4.03. The highest BCUT2D eigenvalue weighted by molar-refractivity contribution is 7.97. The lowest BCUT2D eigenvalue weighted by atomic mass is 10.1. The van der Waals surface area contributed by atoms with Crippen molar-refractivity contribution in [1.29, 1.82) is 0 Å². The molecule has 0 aromatic rings. The van der Waals surface area contributed by atoms with E-state index < -0.39 is 0 Å². The third-order valence-corrected chi connectivity index (χ3v) is 1.40. The minimum Gasteiger partial charge on any atom is -0.229 e. The predicted molar refractivity (Wildman–Crippen MR) is 41.5 cm³/mol. The van der Waals surface area contributed by atoms with Gasteiger partial charge in [-0.3, -0.25) is 0 Å². The monoisotopic (exact) mass is 131 g/mol. The maximum Gasteiger partial charge on any atom is 0.0154 e. The van der Waals surface area contributed by atoms with E-state index in [1.165, 1.54) is 18.4 Å². The Bertz CT molecular complexity index is 70.9. The van der Waals surface area contributed by atoms with E-state index in [9.17, 15) is 0 Å². The SMILES string of the molecule is CCC(C)/C=N\SC. The standard InChI is InChI=1S/C6H13NS/c1-4-6(2)5-7-8-3/h5-6H,4H2,1-3H3/b7-5-. The average molecular weight is 131 g/mol. The third-order valence-electron chi connectivity index (χ3n) is 1.06.